The Kier molecular flexibility index (Phi) is 4.61. The van der Waals surface area contributed by atoms with Gasteiger partial charge in [0.25, 0.3) is 0 Å². The van der Waals surface area contributed by atoms with Crippen molar-refractivity contribution in [1.29, 1.82) is 0 Å². The molecule has 2 aromatic rings. The van der Waals surface area contributed by atoms with Crippen molar-refractivity contribution in [3.63, 3.8) is 0 Å². The van der Waals surface area contributed by atoms with Gasteiger partial charge in [-0.2, -0.15) is 0 Å². The van der Waals surface area contributed by atoms with Crippen LogP contribution in [0.25, 0.3) is 5.57 Å². The molecule has 2 heterocycles. The molecule has 2 aliphatic heterocycles. The Labute approximate surface area is 188 Å². The summed E-state index contributed by atoms with van der Waals surface area (Å²) in [4.78, 5) is 14.5. The van der Waals surface area contributed by atoms with E-state index < -0.39 is 5.97 Å². The molecule has 5 nitrogen and oxygen atoms in total. The van der Waals surface area contributed by atoms with Crippen LogP contribution in [0.3, 0.4) is 0 Å². The molecule has 0 radical (unpaired) electrons. The summed E-state index contributed by atoms with van der Waals surface area (Å²) in [6.45, 7) is 1.02. The zero-order valence-electron chi connectivity index (χ0n) is 17.6. The molecule has 162 valence electrons. The Hall–Kier alpha value is -2.50. The standard InChI is InChI=1S/C25H25NO4.ClH/c1-26-12-11-25-18-9-8-16(15-5-3-4-6-17(15)24(27)28)23(25)30-22-20(29-2)10-7-14(21(22)25)13-19(18)26;/h3-8,10,18-19,23H,9,11-13H2,1-2H3,(H,27,28);1H/t18-,19+,23-,25-;/m0./s1. The van der Waals surface area contributed by atoms with Gasteiger partial charge in [0.15, 0.2) is 11.5 Å². The minimum atomic E-state index is -0.898. The van der Waals surface area contributed by atoms with Crippen LogP contribution < -0.4 is 9.47 Å². The Morgan fingerprint density at radius 1 is 1.26 bits per heavy atom. The highest BCUT2D eigenvalue weighted by Gasteiger charge is 2.64. The van der Waals surface area contributed by atoms with Gasteiger partial charge in [0, 0.05) is 17.0 Å². The zero-order chi connectivity index (χ0) is 20.6. The van der Waals surface area contributed by atoms with Crippen molar-refractivity contribution in [2.75, 3.05) is 20.7 Å². The van der Waals surface area contributed by atoms with E-state index in [0.29, 0.717) is 17.5 Å². The number of nitrogens with zero attached hydrogens (tertiary/aromatic N) is 1. The Balaban J connectivity index is 0.00000204. The van der Waals surface area contributed by atoms with Gasteiger partial charge in [0.05, 0.1) is 12.7 Å². The van der Waals surface area contributed by atoms with Gasteiger partial charge < -0.3 is 19.5 Å². The molecule has 1 spiro atoms. The van der Waals surface area contributed by atoms with Crippen LogP contribution >= 0.6 is 12.4 Å². The third-order valence-electron chi connectivity index (χ3n) is 7.94. The summed E-state index contributed by atoms with van der Waals surface area (Å²) in [5, 5.41) is 9.81. The van der Waals surface area contributed by atoms with Crippen molar-refractivity contribution in [2.24, 2.45) is 5.92 Å². The number of allylic oxidation sites excluding steroid dienone is 1. The molecule has 1 N–H and O–H groups in total. The third-order valence-corrected chi connectivity index (χ3v) is 7.94. The van der Waals surface area contributed by atoms with Gasteiger partial charge in [-0.3, -0.25) is 0 Å². The fraction of sp³-hybridized carbons (Fsp3) is 0.400. The van der Waals surface area contributed by atoms with Gasteiger partial charge in [0.1, 0.15) is 6.10 Å². The summed E-state index contributed by atoms with van der Waals surface area (Å²) in [6.07, 6.45) is 5.03. The van der Waals surface area contributed by atoms with Crippen molar-refractivity contribution in [2.45, 2.75) is 36.8 Å². The first-order valence-electron chi connectivity index (χ1n) is 10.7. The number of halogens is 1. The molecule has 4 aliphatic rings. The number of carbonyl (C=O) groups is 1. The largest absolute Gasteiger partial charge is 0.493 e. The molecule has 6 rings (SSSR count). The summed E-state index contributed by atoms with van der Waals surface area (Å²) in [7, 11) is 3.92. The van der Waals surface area contributed by atoms with Crippen LogP contribution in [0, 0.1) is 5.92 Å². The smallest absolute Gasteiger partial charge is 0.336 e. The summed E-state index contributed by atoms with van der Waals surface area (Å²) in [5.74, 6) is 1.21. The lowest BCUT2D eigenvalue weighted by molar-refractivity contribution is -0.000130. The second-order valence-electron chi connectivity index (χ2n) is 9.02. The summed E-state index contributed by atoms with van der Waals surface area (Å²) in [6, 6.07) is 12.0. The van der Waals surface area contributed by atoms with Crippen molar-refractivity contribution in [3.05, 3.63) is 64.7 Å². The molecule has 2 bridgehead atoms. The summed E-state index contributed by atoms with van der Waals surface area (Å²) < 4.78 is 12.4. The summed E-state index contributed by atoms with van der Waals surface area (Å²) in [5.41, 5.74) is 4.68. The van der Waals surface area contributed by atoms with E-state index >= 15 is 0 Å². The maximum absolute atomic E-state index is 12.0. The van der Waals surface area contributed by atoms with Gasteiger partial charge in [-0.25, -0.2) is 4.79 Å². The number of rotatable bonds is 3. The summed E-state index contributed by atoms with van der Waals surface area (Å²) >= 11 is 0. The molecule has 2 aromatic carbocycles. The van der Waals surface area contributed by atoms with Gasteiger partial charge in [0.2, 0.25) is 0 Å². The van der Waals surface area contributed by atoms with Crippen LogP contribution in [0.5, 0.6) is 11.5 Å². The number of hydrogen-bond acceptors (Lipinski definition) is 4. The second-order valence-corrected chi connectivity index (χ2v) is 9.02. The van der Waals surface area contributed by atoms with E-state index in [1.807, 2.05) is 18.2 Å². The molecule has 2 aliphatic carbocycles. The van der Waals surface area contributed by atoms with Crippen LogP contribution in [-0.4, -0.2) is 48.8 Å². The molecular formula is C25H26ClNO4. The maximum atomic E-state index is 12.0. The average molecular weight is 440 g/mol. The molecule has 31 heavy (non-hydrogen) atoms. The minimum Gasteiger partial charge on any atom is -0.493 e. The second kappa shape index (κ2) is 7.01. The number of aromatic carboxylic acids is 1. The van der Waals surface area contributed by atoms with Crippen LogP contribution in [-0.2, 0) is 11.8 Å². The van der Waals surface area contributed by atoms with Gasteiger partial charge in [-0.1, -0.05) is 30.3 Å². The SMILES string of the molecule is COc1ccc2c3c1O[C@H]1C(c4ccccc4C(=O)O)=CC[C@H]4[C@@H](C2)N(C)CC[C@]314.Cl. The van der Waals surface area contributed by atoms with Gasteiger partial charge >= 0.3 is 5.97 Å². The first-order valence-corrected chi connectivity index (χ1v) is 10.7. The first kappa shape index (κ1) is 20.4. The number of likely N-dealkylation sites (N-methyl/N-ethyl adjacent to an activating group) is 1. The number of methoxy groups -OCH3 is 1. The Bertz CT molecular complexity index is 1110. The fourth-order valence-corrected chi connectivity index (χ4v) is 6.68. The number of carboxylic acid groups (broad SMARTS) is 1. The van der Waals surface area contributed by atoms with Crippen molar-refractivity contribution >= 4 is 23.9 Å². The third kappa shape index (κ3) is 2.50. The minimum absolute atomic E-state index is 0. The highest BCUT2D eigenvalue weighted by molar-refractivity contribution is 5.95. The number of piperidine rings is 1. The molecule has 1 saturated heterocycles. The number of likely N-dealkylation sites (tertiary alicyclic amines) is 1. The topological polar surface area (TPSA) is 59.0 Å². The van der Waals surface area contributed by atoms with E-state index in [9.17, 15) is 9.90 Å². The lowest BCUT2D eigenvalue weighted by atomic mass is 9.51. The quantitative estimate of drug-likeness (QED) is 0.777. The van der Waals surface area contributed by atoms with Gasteiger partial charge in [-0.15, -0.1) is 12.4 Å². The van der Waals surface area contributed by atoms with E-state index in [-0.39, 0.29) is 23.9 Å². The molecular weight excluding hydrogens is 414 g/mol. The number of carboxylic acids is 1. The van der Waals surface area contributed by atoms with Crippen LogP contribution in [0.2, 0.25) is 0 Å². The lowest BCUT2D eigenvalue weighted by Gasteiger charge is -2.57. The van der Waals surface area contributed by atoms with E-state index in [0.717, 1.165) is 48.4 Å². The molecule has 0 aromatic heterocycles. The highest BCUT2D eigenvalue weighted by atomic mass is 35.5. The number of ether oxygens (including phenoxy) is 2. The normalized spacial score (nSPS) is 29.9. The van der Waals surface area contributed by atoms with Gasteiger partial charge in [-0.05, 0) is 67.6 Å². The monoisotopic (exact) mass is 439 g/mol. The van der Waals surface area contributed by atoms with E-state index in [2.05, 4.69) is 24.1 Å². The van der Waals surface area contributed by atoms with Crippen molar-refractivity contribution in [3.8, 4) is 11.5 Å². The Morgan fingerprint density at radius 3 is 2.84 bits per heavy atom. The van der Waals surface area contributed by atoms with E-state index in [1.165, 1.54) is 11.1 Å². The zero-order valence-corrected chi connectivity index (χ0v) is 18.4. The van der Waals surface area contributed by atoms with Crippen LogP contribution in [0.1, 0.15) is 39.9 Å². The van der Waals surface area contributed by atoms with Crippen LogP contribution in [0.15, 0.2) is 42.5 Å². The molecule has 0 saturated carbocycles. The Morgan fingerprint density at radius 2 is 2.06 bits per heavy atom. The fourth-order valence-electron chi connectivity index (χ4n) is 6.68. The van der Waals surface area contributed by atoms with Crippen LogP contribution in [0.4, 0.5) is 0 Å². The van der Waals surface area contributed by atoms with E-state index in [1.54, 1.807) is 19.2 Å². The first-order chi connectivity index (χ1) is 14.6. The molecule has 6 heteroatoms. The molecule has 0 amide bonds. The average Bonchev–Trinajstić information content (AvgIpc) is 3.11. The molecule has 4 atom stereocenters. The predicted octanol–water partition coefficient (Wildman–Crippen LogP) is 4.18. The van der Waals surface area contributed by atoms with Crippen molar-refractivity contribution in [1.82, 2.24) is 4.90 Å². The number of hydrogen-bond donors (Lipinski definition) is 1. The maximum Gasteiger partial charge on any atom is 0.336 e. The predicted molar refractivity (Wildman–Crippen MR) is 121 cm³/mol. The van der Waals surface area contributed by atoms with Crippen molar-refractivity contribution < 1.29 is 19.4 Å². The molecule has 1 fully saturated rings. The highest BCUT2D eigenvalue weighted by Crippen LogP contribution is 2.64. The molecule has 0 unspecified atom stereocenters. The van der Waals surface area contributed by atoms with E-state index in [4.69, 9.17) is 9.47 Å². The lowest BCUT2D eigenvalue weighted by Crippen LogP contribution is -2.63. The number of benzene rings is 2.